The van der Waals surface area contributed by atoms with E-state index in [4.69, 9.17) is 0 Å². The molecule has 0 unspecified atom stereocenters. The smallest absolute Gasteiger partial charge is 0.119 e. The van der Waals surface area contributed by atoms with Crippen molar-refractivity contribution in [3.05, 3.63) is 29.8 Å². The van der Waals surface area contributed by atoms with Gasteiger partial charge in [0.25, 0.3) is 0 Å². The molecule has 0 aromatic heterocycles. The Morgan fingerprint density at radius 1 is 1.33 bits per heavy atom. The van der Waals surface area contributed by atoms with Crippen molar-refractivity contribution in [1.82, 2.24) is 5.32 Å². The van der Waals surface area contributed by atoms with Gasteiger partial charge in [0.15, 0.2) is 0 Å². The van der Waals surface area contributed by atoms with Crippen LogP contribution in [0, 0.1) is 5.92 Å². The number of benzene rings is 1. The lowest BCUT2D eigenvalue weighted by Gasteiger charge is -2.31. The summed E-state index contributed by atoms with van der Waals surface area (Å²) in [6.07, 6.45) is 0.975. The average Bonchev–Trinajstić information content (AvgIpc) is 2.30. The van der Waals surface area contributed by atoms with Crippen LogP contribution in [0.4, 0.5) is 0 Å². The summed E-state index contributed by atoms with van der Waals surface area (Å²) in [5.41, 5.74) is 0.970. The maximum atomic E-state index is 9.77. The van der Waals surface area contributed by atoms with Crippen molar-refractivity contribution < 1.29 is 10.2 Å². The van der Waals surface area contributed by atoms with Gasteiger partial charge in [-0.2, -0.15) is 0 Å². The fourth-order valence-electron chi connectivity index (χ4n) is 2.33. The number of phenols is 1. The number of rotatable bonds is 2. The second kappa shape index (κ2) is 4.64. The standard InChI is InChI=1S/C12H17NO2/c14-8-9-7-13-6-5-10(9)11-3-1-2-4-12(11)15/h1-4,9-10,13-15H,5-8H2/t9-,10-/m0/s1. The van der Waals surface area contributed by atoms with Crippen LogP contribution in [-0.4, -0.2) is 29.9 Å². The van der Waals surface area contributed by atoms with E-state index in [-0.39, 0.29) is 18.4 Å². The first-order valence-corrected chi connectivity index (χ1v) is 5.42. The van der Waals surface area contributed by atoms with Crippen LogP contribution in [0.2, 0.25) is 0 Å². The molecule has 0 saturated carbocycles. The van der Waals surface area contributed by atoms with Crippen LogP contribution in [0.3, 0.4) is 0 Å². The molecule has 2 rings (SSSR count). The highest BCUT2D eigenvalue weighted by Crippen LogP contribution is 2.34. The Kier molecular flexibility index (Phi) is 3.23. The molecule has 1 heterocycles. The van der Waals surface area contributed by atoms with Gasteiger partial charge in [-0.25, -0.2) is 0 Å². The molecule has 82 valence electrons. The Bertz CT molecular complexity index is 327. The highest BCUT2D eigenvalue weighted by Gasteiger charge is 2.27. The summed E-state index contributed by atoms with van der Waals surface area (Å²) in [7, 11) is 0. The van der Waals surface area contributed by atoms with E-state index >= 15 is 0 Å². The third-order valence-electron chi connectivity index (χ3n) is 3.18. The van der Waals surface area contributed by atoms with Crippen LogP contribution in [0.25, 0.3) is 0 Å². The zero-order chi connectivity index (χ0) is 10.7. The van der Waals surface area contributed by atoms with Gasteiger partial charge in [-0.15, -0.1) is 0 Å². The fraction of sp³-hybridized carbons (Fsp3) is 0.500. The van der Waals surface area contributed by atoms with Crippen LogP contribution in [-0.2, 0) is 0 Å². The highest BCUT2D eigenvalue weighted by atomic mass is 16.3. The molecule has 0 radical (unpaired) electrons. The lowest BCUT2D eigenvalue weighted by molar-refractivity contribution is 0.178. The Morgan fingerprint density at radius 3 is 2.87 bits per heavy atom. The van der Waals surface area contributed by atoms with Crippen molar-refractivity contribution in [2.45, 2.75) is 12.3 Å². The van der Waals surface area contributed by atoms with Crippen molar-refractivity contribution in [2.75, 3.05) is 19.7 Å². The number of para-hydroxylation sites is 1. The second-order valence-corrected chi connectivity index (χ2v) is 4.10. The van der Waals surface area contributed by atoms with Gasteiger partial charge in [-0.05, 0) is 30.5 Å². The lowest BCUT2D eigenvalue weighted by atomic mass is 9.81. The summed E-state index contributed by atoms with van der Waals surface area (Å²) in [4.78, 5) is 0. The van der Waals surface area contributed by atoms with E-state index in [2.05, 4.69) is 5.32 Å². The first-order chi connectivity index (χ1) is 7.33. The number of aliphatic hydroxyl groups excluding tert-OH is 1. The zero-order valence-electron chi connectivity index (χ0n) is 8.69. The highest BCUT2D eigenvalue weighted by molar-refractivity contribution is 5.35. The first kappa shape index (κ1) is 10.5. The number of hydrogen-bond donors (Lipinski definition) is 3. The normalized spacial score (nSPS) is 26.5. The quantitative estimate of drug-likeness (QED) is 0.680. The van der Waals surface area contributed by atoms with Crippen molar-refractivity contribution in [3.8, 4) is 5.75 Å². The molecule has 1 aliphatic heterocycles. The average molecular weight is 207 g/mol. The lowest BCUT2D eigenvalue weighted by Crippen LogP contribution is -2.37. The van der Waals surface area contributed by atoms with Gasteiger partial charge < -0.3 is 15.5 Å². The van der Waals surface area contributed by atoms with Gasteiger partial charge in [-0.3, -0.25) is 0 Å². The summed E-state index contributed by atoms with van der Waals surface area (Å²) < 4.78 is 0. The number of piperidine rings is 1. The Balaban J connectivity index is 2.24. The topological polar surface area (TPSA) is 52.5 Å². The fourth-order valence-corrected chi connectivity index (χ4v) is 2.33. The minimum atomic E-state index is 0.173. The molecule has 2 atom stereocenters. The second-order valence-electron chi connectivity index (χ2n) is 4.10. The third kappa shape index (κ3) is 2.13. The molecule has 3 nitrogen and oxygen atoms in total. The molecule has 1 fully saturated rings. The predicted octanol–water partition coefficient (Wildman–Crippen LogP) is 1.08. The number of phenolic OH excluding ortho intramolecular Hbond substituents is 1. The molecular formula is C12H17NO2. The molecule has 1 saturated heterocycles. The maximum Gasteiger partial charge on any atom is 0.119 e. The van der Waals surface area contributed by atoms with Gasteiger partial charge >= 0.3 is 0 Å². The largest absolute Gasteiger partial charge is 0.508 e. The minimum absolute atomic E-state index is 0.173. The Morgan fingerprint density at radius 2 is 2.13 bits per heavy atom. The van der Waals surface area contributed by atoms with E-state index in [1.165, 1.54) is 0 Å². The molecule has 3 heteroatoms. The molecular weight excluding hydrogens is 190 g/mol. The predicted molar refractivity (Wildman–Crippen MR) is 58.9 cm³/mol. The van der Waals surface area contributed by atoms with E-state index < -0.39 is 0 Å². The molecule has 0 aliphatic carbocycles. The molecule has 0 amide bonds. The summed E-state index contributed by atoms with van der Waals surface area (Å²) in [5, 5.41) is 22.3. The zero-order valence-corrected chi connectivity index (χ0v) is 8.69. The van der Waals surface area contributed by atoms with Gasteiger partial charge in [0.2, 0.25) is 0 Å². The monoisotopic (exact) mass is 207 g/mol. The van der Waals surface area contributed by atoms with Crippen molar-refractivity contribution >= 4 is 0 Å². The van der Waals surface area contributed by atoms with Crippen LogP contribution in [0.1, 0.15) is 17.9 Å². The maximum absolute atomic E-state index is 9.77. The third-order valence-corrected chi connectivity index (χ3v) is 3.18. The number of nitrogens with one attached hydrogen (secondary N) is 1. The van der Waals surface area contributed by atoms with Gasteiger partial charge in [0.1, 0.15) is 5.75 Å². The summed E-state index contributed by atoms with van der Waals surface area (Å²) in [6.45, 7) is 1.96. The van der Waals surface area contributed by atoms with Gasteiger partial charge in [0, 0.05) is 19.1 Å². The summed E-state index contributed by atoms with van der Waals surface area (Å²) in [6, 6.07) is 7.43. The van der Waals surface area contributed by atoms with Crippen molar-refractivity contribution in [3.63, 3.8) is 0 Å². The van der Waals surface area contributed by atoms with E-state index in [1.807, 2.05) is 18.2 Å². The number of aliphatic hydroxyl groups is 1. The Hall–Kier alpha value is -1.06. The van der Waals surface area contributed by atoms with Crippen molar-refractivity contribution in [2.24, 2.45) is 5.92 Å². The molecule has 0 bridgehead atoms. The molecule has 0 spiro atoms. The SMILES string of the molecule is OC[C@@H]1CNCC[C@@H]1c1ccccc1O. The van der Waals surface area contributed by atoms with Gasteiger partial charge in [0.05, 0.1) is 0 Å². The van der Waals surface area contributed by atoms with Crippen LogP contribution >= 0.6 is 0 Å². The number of aromatic hydroxyl groups is 1. The molecule has 1 aromatic rings. The van der Waals surface area contributed by atoms with Crippen LogP contribution < -0.4 is 5.32 Å². The van der Waals surface area contributed by atoms with Crippen LogP contribution in [0.5, 0.6) is 5.75 Å². The van der Waals surface area contributed by atoms with E-state index in [9.17, 15) is 10.2 Å². The summed E-state index contributed by atoms with van der Waals surface area (Å²) in [5.74, 6) is 0.840. The van der Waals surface area contributed by atoms with Gasteiger partial charge in [-0.1, -0.05) is 18.2 Å². The first-order valence-electron chi connectivity index (χ1n) is 5.42. The van der Waals surface area contributed by atoms with E-state index in [0.29, 0.717) is 5.75 Å². The molecule has 3 N–H and O–H groups in total. The Labute approximate surface area is 89.8 Å². The van der Waals surface area contributed by atoms with E-state index in [1.54, 1.807) is 6.07 Å². The summed E-state index contributed by atoms with van der Waals surface area (Å²) >= 11 is 0. The molecule has 15 heavy (non-hydrogen) atoms. The van der Waals surface area contributed by atoms with Crippen LogP contribution in [0.15, 0.2) is 24.3 Å². The van der Waals surface area contributed by atoms with Crippen molar-refractivity contribution in [1.29, 1.82) is 0 Å². The number of hydrogen-bond acceptors (Lipinski definition) is 3. The molecule has 1 aromatic carbocycles. The minimum Gasteiger partial charge on any atom is -0.508 e. The van der Waals surface area contributed by atoms with E-state index in [0.717, 1.165) is 25.1 Å². The molecule has 1 aliphatic rings.